The summed E-state index contributed by atoms with van der Waals surface area (Å²) in [7, 11) is 0. The highest BCUT2D eigenvalue weighted by Gasteiger charge is 2.36. The zero-order chi connectivity index (χ0) is 15.1. The van der Waals surface area contributed by atoms with E-state index in [1.807, 2.05) is 0 Å². The van der Waals surface area contributed by atoms with Gasteiger partial charge in [-0.15, -0.1) is 0 Å². The lowest BCUT2D eigenvalue weighted by molar-refractivity contribution is -0.129. The van der Waals surface area contributed by atoms with Crippen LogP contribution in [0.15, 0.2) is 12.1 Å². The predicted molar refractivity (Wildman–Crippen MR) is 70.3 cm³/mol. The molecule has 1 amide bonds. The predicted octanol–water partition coefficient (Wildman–Crippen LogP) is 1.47. The number of hydrogen-bond donors (Lipinski definition) is 1. The van der Waals surface area contributed by atoms with Gasteiger partial charge in [0, 0.05) is 32.1 Å². The number of anilines is 1. The molecule has 2 heterocycles. The molecule has 2 fully saturated rings. The highest BCUT2D eigenvalue weighted by Crippen LogP contribution is 2.30. The van der Waals surface area contributed by atoms with E-state index >= 15 is 0 Å². The molecule has 21 heavy (non-hydrogen) atoms. The molecule has 1 N–H and O–H groups in total. The zero-order valence-corrected chi connectivity index (χ0v) is 11.2. The number of carboxylic acid groups (broad SMARTS) is 1. The van der Waals surface area contributed by atoms with E-state index in [0.717, 1.165) is 12.1 Å². The molecule has 1 aromatic rings. The van der Waals surface area contributed by atoms with E-state index in [1.165, 1.54) is 0 Å². The number of nitrogens with zero attached hydrogens (tertiary/aromatic N) is 2. The van der Waals surface area contributed by atoms with Crippen molar-refractivity contribution in [1.82, 2.24) is 4.90 Å². The minimum atomic E-state index is -1.37. The summed E-state index contributed by atoms with van der Waals surface area (Å²) < 4.78 is 28.1. The molecule has 0 saturated carbocycles. The second-order valence-corrected chi connectivity index (χ2v) is 5.32. The van der Waals surface area contributed by atoms with Crippen molar-refractivity contribution < 1.29 is 23.5 Å². The van der Waals surface area contributed by atoms with Gasteiger partial charge in [-0.1, -0.05) is 0 Å². The molecular formula is C14H14F2N2O3. The van der Waals surface area contributed by atoms with Gasteiger partial charge < -0.3 is 14.9 Å². The lowest BCUT2D eigenvalue weighted by atomic mass is 10.1. The van der Waals surface area contributed by atoms with Crippen LogP contribution in [0.5, 0.6) is 0 Å². The van der Waals surface area contributed by atoms with E-state index in [0.29, 0.717) is 32.5 Å². The van der Waals surface area contributed by atoms with E-state index in [2.05, 4.69) is 0 Å². The Hall–Kier alpha value is -2.18. The Balaban J connectivity index is 1.88. The molecule has 2 aliphatic rings. The van der Waals surface area contributed by atoms with Crippen molar-refractivity contribution >= 4 is 17.6 Å². The van der Waals surface area contributed by atoms with Crippen LogP contribution in [0.3, 0.4) is 0 Å². The average molecular weight is 296 g/mol. The van der Waals surface area contributed by atoms with Crippen molar-refractivity contribution in [2.24, 2.45) is 0 Å². The number of aromatic carboxylic acids is 1. The second-order valence-electron chi connectivity index (χ2n) is 5.32. The number of halogens is 2. The summed E-state index contributed by atoms with van der Waals surface area (Å²) >= 11 is 0. The largest absolute Gasteiger partial charge is 0.478 e. The number of piperazine rings is 1. The lowest BCUT2D eigenvalue weighted by Gasteiger charge is -2.39. The molecule has 5 nitrogen and oxygen atoms in total. The van der Waals surface area contributed by atoms with Crippen LogP contribution in [0.1, 0.15) is 23.2 Å². The van der Waals surface area contributed by atoms with Gasteiger partial charge in [0.2, 0.25) is 5.91 Å². The molecule has 0 radical (unpaired) electrons. The van der Waals surface area contributed by atoms with E-state index < -0.39 is 23.2 Å². The third-order valence-electron chi connectivity index (χ3n) is 4.07. The molecule has 2 aliphatic heterocycles. The Morgan fingerprint density at radius 2 is 1.90 bits per heavy atom. The van der Waals surface area contributed by atoms with Gasteiger partial charge in [-0.05, 0) is 18.6 Å². The normalized spacial score (nSPS) is 21.6. The van der Waals surface area contributed by atoms with E-state index in [-0.39, 0.29) is 17.6 Å². The van der Waals surface area contributed by atoms with Crippen LogP contribution in [-0.2, 0) is 4.79 Å². The minimum Gasteiger partial charge on any atom is -0.478 e. The maximum absolute atomic E-state index is 14.1. The Morgan fingerprint density at radius 1 is 1.24 bits per heavy atom. The van der Waals surface area contributed by atoms with Crippen molar-refractivity contribution in [3.8, 4) is 0 Å². The van der Waals surface area contributed by atoms with Crippen molar-refractivity contribution in [1.29, 1.82) is 0 Å². The number of carboxylic acids is 1. The number of carbonyl (C=O) groups is 2. The minimum absolute atomic E-state index is 0.0239. The fourth-order valence-electron chi connectivity index (χ4n) is 3.06. The van der Waals surface area contributed by atoms with Gasteiger partial charge in [-0.25, -0.2) is 13.6 Å². The monoisotopic (exact) mass is 296 g/mol. The zero-order valence-electron chi connectivity index (χ0n) is 11.2. The van der Waals surface area contributed by atoms with Crippen LogP contribution >= 0.6 is 0 Å². The molecule has 2 saturated heterocycles. The summed E-state index contributed by atoms with van der Waals surface area (Å²) in [4.78, 5) is 25.7. The first-order valence-corrected chi connectivity index (χ1v) is 6.74. The summed E-state index contributed by atoms with van der Waals surface area (Å²) in [5, 5.41) is 8.80. The van der Waals surface area contributed by atoms with Crippen LogP contribution < -0.4 is 4.90 Å². The standard InChI is InChI=1S/C14H14F2N2O3/c15-10-5-8(14(20)21)6-11(16)13(10)17-3-4-18-9(7-17)1-2-12(18)19/h5-6,9H,1-4,7H2,(H,20,21). The molecule has 1 unspecified atom stereocenters. The van der Waals surface area contributed by atoms with Crippen molar-refractivity contribution in [3.63, 3.8) is 0 Å². The second kappa shape index (κ2) is 4.98. The number of rotatable bonds is 2. The summed E-state index contributed by atoms with van der Waals surface area (Å²) in [6, 6.07) is 1.63. The molecular weight excluding hydrogens is 282 g/mol. The Kier molecular flexibility index (Phi) is 3.27. The van der Waals surface area contributed by atoms with E-state index in [1.54, 1.807) is 9.80 Å². The first kappa shape index (κ1) is 13.8. The average Bonchev–Trinajstić information content (AvgIpc) is 2.79. The first-order valence-electron chi connectivity index (χ1n) is 6.74. The maximum Gasteiger partial charge on any atom is 0.335 e. The fourth-order valence-corrected chi connectivity index (χ4v) is 3.06. The van der Waals surface area contributed by atoms with Crippen molar-refractivity contribution in [3.05, 3.63) is 29.3 Å². The molecule has 1 aromatic carbocycles. The Morgan fingerprint density at radius 3 is 2.52 bits per heavy atom. The fraction of sp³-hybridized carbons (Fsp3) is 0.429. The molecule has 112 valence electrons. The van der Waals surface area contributed by atoms with Crippen LogP contribution in [-0.4, -0.2) is 47.6 Å². The molecule has 3 rings (SSSR count). The summed E-state index contributed by atoms with van der Waals surface area (Å²) in [5.74, 6) is -3.05. The highest BCUT2D eigenvalue weighted by molar-refractivity contribution is 5.88. The third-order valence-corrected chi connectivity index (χ3v) is 4.07. The quantitative estimate of drug-likeness (QED) is 0.898. The van der Waals surface area contributed by atoms with Crippen molar-refractivity contribution in [2.75, 3.05) is 24.5 Å². The maximum atomic E-state index is 14.1. The molecule has 0 bridgehead atoms. The first-order chi connectivity index (χ1) is 9.97. The molecule has 1 atom stereocenters. The van der Waals surface area contributed by atoms with Gasteiger partial charge in [-0.2, -0.15) is 0 Å². The molecule has 0 spiro atoms. The number of carbonyl (C=O) groups excluding carboxylic acids is 1. The summed E-state index contributed by atoms with van der Waals surface area (Å²) in [6.45, 7) is 1.14. The Labute approximate surface area is 119 Å². The van der Waals surface area contributed by atoms with Crippen LogP contribution in [0.4, 0.5) is 14.5 Å². The Bertz CT molecular complexity index is 597. The number of fused-ring (bicyclic) bond motifs is 1. The summed E-state index contributed by atoms with van der Waals surface area (Å²) in [5.41, 5.74) is -0.623. The van der Waals surface area contributed by atoms with Gasteiger partial charge in [0.15, 0.2) is 0 Å². The molecule has 7 heteroatoms. The van der Waals surface area contributed by atoms with Crippen LogP contribution in [0, 0.1) is 11.6 Å². The molecule has 0 aromatic heterocycles. The van der Waals surface area contributed by atoms with Crippen LogP contribution in [0.2, 0.25) is 0 Å². The SMILES string of the molecule is O=C(O)c1cc(F)c(N2CCN3C(=O)CCC3C2)c(F)c1. The molecule has 0 aliphatic carbocycles. The third kappa shape index (κ3) is 2.32. The smallest absolute Gasteiger partial charge is 0.335 e. The van der Waals surface area contributed by atoms with Gasteiger partial charge >= 0.3 is 5.97 Å². The number of benzene rings is 1. The van der Waals surface area contributed by atoms with Gasteiger partial charge in [0.25, 0.3) is 0 Å². The summed E-state index contributed by atoms with van der Waals surface area (Å²) in [6.07, 6.45) is 1.16. The van der Waals surface area contributed by atoms with Gasteiger partial charge in [-0.3, -0.25) is 4.79 Å². The van der Waals surface area contributed by atoms with Gasteiger partial charge in [0.1, 0.15) is 17.3 Å². The van der Waals surface area contributed by atoms with E-state index in [9.17, 15) is 18.4 Å². The van der Waals surface area contributed by atoms with Crippen molar-refractivity contribution in [2.45, 2.75) is 18.9 Å². The number of amides is 1. The highest BCUT2D eigenvalue weighted by atomic mass is 19.1. The van der Waals surface area contributed by atoms with E-state index in [4.69, 9.17) is 5.11 Å². The lowest BCUT2D eigenvalue weighted by Crippen LogP contribution is -2.52. The van der Waals surface area contributed by atoms with Crippen LogP contribution in [0.25, 0.3) is 0 Å². The topological polar surface area (TPSA) is 60.9 Å². The number of hydrogen-bond acceptors (Lipinski definition) is 3. The van der Waals surface area contributed by atoms with Gasteiger partial charge in [0.05, 0.1) is 5.56 Å².